The fourth-order valence-electron chi connectivity index (χ4n) is 1.79. The second-order valence-corrected chi connectivity index (χ2v) is 5.65. The van der Waals surface area contributed by atoms with E-state index in [-0.39, 0.29) is 0 Å². The van der Waals surface area contributed by atoms with E-state index in [0.717, 1.165) is 31.6 Å². The van der Waals surface area contributed by atoms with E-state index in [9.17, 15) is 0 Å². The Morgan fingerprint density at radius 3 is 2.39 bits per heavy atom. The smallest absolute Gasteiger partial charge is 0.159 e. The van der Waals surface area contributed by atoms with Gasteiger partial charge in [-0.2, -0.15) is 0 Å². The summed E-state index contributed by atoms with van der Waals surface area (Å²) in [7, 11) is 0. The summed E-state index contributed by atoms with van der Waals surface area (Å²) >= 11 is 4.74. The number of aryl methyl sites for hydroxylation is 1. The Morgan fingerprint density at radius 2 is 1.72 bits per heavy atom. The number of hydrogen-bond acceptors (Lipinski definition) is 2. The first-order valence-electron chi connectivity index (χ1n) is 5.71. The highest BCUT2D eigenvalue weighted by Gasteiger charge is 2.11. The van der Waals surface area contributed by atoms with Gasteiger partial charge < -0.3 is 0 Å². The van der Waals surface area contributed by atoms with Crippen LogP contribution in [0.25, 0.3) is 11.4 Å². The van der Waals surface area contributed by atoms with Gasteiger partial charge in [0.15, 0.2) is 5.82 Å². The molecule has 0 saturated heterocycles. The lowest BCUT2D eigenvalue weighted by atomic mass is 10.1. The zero-order valence-corrected chi connectivity index (χ0v) is 14.7. The van der Waals surface area contributed by atoms with Gasteiger partial charge >= 0.3 is 0 Å². The van der Waals surface area contributed by atoms with Crippen LogP contribution in [-0.2, 0) is 8.86 Å². The Balaban J connectivity index is 2.61. The lowest BCUT2D eigenvalue weighted by Gasteiger charge is -2.10. The molecule has 1 aromatic carbocycles. The van der Waals surface area contributed by atoms with E-state index in [2.05, 4.69) is 82.2 Å². The Kier molecular flexibility index (Phi) is 4.94. The van der Waals surface area contributed by atoms with Crippen molar-refractivity contribution in [3.8, 4) is 11.4 Å². The van der Waals surface area contributed by atoms with Crippen LogP contribution in [0.4, 0.5) is 0 Å². The van der Waals surface area contributed by atoms with Crippen molar-refractivity contribution in [1.29, 1.82) is 0 Å². The minimum atomic E-state index is 0.858. The highest BCUT2D eigenvalue weighted by Crippen LogP contribution is 2.24. The molecule has 18 heavy (non-hydrogen) atoms. The maximum absolute atomic E-state index is 4.71. The van der Waals surface area contributed by atoms with Gasteiger partial charge in [0.1, 0.15) is 0 Å². The number of hydrogen-bond donors (Lipinski definition) is 0. The van der Waals surface area contributed by atoms with Gasteiger partial charge in [-0.05, 0) is 25.0 Å². The zero-order chi connectivity index (χ0) is 13.1. The molecule has 0 saturated carbocycles. The third-order valence-corrected chi connectivity index (χ3v) is 4.56. The monoisotopic (exact) mass is 464 g/mol. The van der Waals surface area contributed by atoms with Gasteiger partial charge in [-0.15, -0.1) is 0 Å². The Bertz CT molecular complexity index is 568. The number of nitrogens with zero attached hydrogens (tertiary/aromatic N) is 2. The molecule has 0 amide bonds. The quantitative estimate of drug-likeness (QED) is 0.490. The molecule has 2 rings (SSSR count). The molecule has 1 heterocycles. The van der Waals surface area contributed by atoms with E-state index in [1.54, 1.807) is 0 Å². The van der Waals surface area contributed by atoms with Crippen LogP contribution in [0.5, 0.6) is 0 Å². The number of halogens is 2. The second-order valence-electron chi connectivity index (χ2n) is 4.13. The van der Waals surface area contributed by atoms with Gasteiger partial charge in [-0.3, -0.25) is 0 Å². The predicted molar refractivity (Wildman–Crippen MR) is 92.4 cm³/mol. The molecule has 0 aliphatic heterocycles. The molecule has 0 spiro atoms. The summed E-state index contributed by atoms with van der Waals surface area (Å²) in [6.07, 6.45) is 0. The molecule has 0 N–H and O–H groups in total. The zero-order valence-electron chi connectivity index (χ0n) is 10.4. The summed E-state index contributed by atoms with van der Waals surface area (Å²) in [5.41, 5.74) is 5.87. The minimum Gasteiger partial charge on any atom is -0.233 e. The fourth-order valence-corrected chi connectivity index (χ4v) is 3.20. The van der Waals surface area contributed by atoms with Crippen molar-refractivity contribution in [2.24, 2.45) is 0 Å². The molecule has 0 radical (unpaired) electrons. The summed E-state index contributed by atoms with van der Waals surface area (Å²) < 4.78 is 1.90. The largest absolute Gasteiger partial charge is 0.233 e. The molecular weight excluding hydrogens is 450 g/mol. The molecule has 1 aromatic heterocycles. The van der Waals surface area contributed by atoms with E-state index in [0.29, 0.717) is 0 Å². The normalized spacial score (nSPS) is 10.7. The van der Waals surface area contributed by atoms with Gasteiger partial charge in [0, 0.05) is 20.1 Å². The molecular formula is C14H14I2N2. The van der Waals surface area contributed by atoms with Crippen molar-refractivity contribution in [2.45, 2.75) is 22.7 Å². The first-order chi connectivity index (χ1) is 8.67. The van der Waals surface area contributed by atoms with E-state index >= 15 is 0 Å². The van der Waals surface area contributed by atoms with Gasteiger partial charge in [-0.25, -0.2) is 9.97 Å². The maximum atomic E-state index is 4.71. The van der Waals surface area contributed by atoms with E-state index < -0.39 is 0 Å². The minimum absolute atomic E-state index is 0.858. The molecule has 4 heteroatoms. The van der Waals surface area contributed by atoms with Crippen LogP contribution in [0.2, 0.25) is 0 Å². The molecule has 2 aromatic rings. The van der Waals surface area contributed by atoms with Crippen LogP contribution in [-0.4, -0.2) is 9.97 Å². The predicted octanol–water partition coefficient (Wildman–Crippen LogP) is 4.63. The van der Waals surface area contributed by atoms with Crippen molar-refractivity contribution in [3.05, 3.63) is 46.8 Å². The maximum Gasteiger partial charge on any atom is 0.159 e. The van der Waals surface area contributed by atoms with Crippen LogP contribution in [0.3, 0.4) is 0 Å². The van der Waals surface area contributed by atoms with Crippen molar-refractivity contribution < 1.29 is 0 Å². The summed E-state index contributed by atoms with van der Waals surface area (Å²) in [4.78, 5) is 9.35. The topological polar surface area (TPSA) is 25.8 Å². The van der Waals surface area contributed by atoms with Crippen LogP contribution in [0.15, 0.2) is 24.3 Å². The van der Waals surface area contributed by atoms with Crippen LogP contribution in [0, 0.1) is 13.8 Å². The Morgan fingerprint density at radius 1 is 1.00 bits per heavy atom. The number of alkyl halides is 2. The standard InChI is InChI=1S/C14H14I2N2/c1-9-10(2)17-14(18-13(9)8-16)12-6-4-3-5-11(12)7-15/h3-6H,7-8H2,1-2H3. The van der Waals surface area contributed by atoms with Crippen LogP contribution in [0.1, 0.15) is 22.5 Å². The van der Waals surface area contributed by atoms with Gasteiger partial charge in [0.05, 0.1) is 5.69 Å². The molecule has 0 fully saturated rings. The fraction of sp³-hybridized carbons (Fsp3) is 0.286. The highest BCUT2D eigenvalue weighted by atomic mass is 127. The van der Waals surface area contributed by atoms with Crippen molar-refractivity contribution >= 4 is 45.2 Å². The summed E-state index contributed by atoms with van der Waals surface area (Å²) in [5.74, 6) is 0.858. The lowest BCUT2D eigenvalue weighted by molar-refractivity contribution is 1.02. The number of aromatic nitrogens is 2. The number of rotatable bonds is 3. The Hall–Kier alpha value is -0.240. The molecule has 2 nitrogen and oxygen atoms in total. The lowest BCUT2D eigenvalue weighted by Crippen LogP contribution is -2.02. The van der Waals surface area contributed by atoms with E-state index in [4.69, 9.17) is 4.98 Å². The van der Waals surface area contributed by atoms with Crippen molar-refractivity contribution in [1.82, 2.24) is 9.97 Å². The molecule has 0 aliphatic rings. The average molecular weight is 464 g/mol. The molecule has 0 atom stereocenters. The Labute approximate surface area is 135 Å². The van der Waals surface area contributed by atoms with Gasteiger partial charge in [-0.1, -0.05) is 69.4 Å². The molecule has 0 aliphatic carbocycles. The third kappa shape index (κ3) is 2.84. The molecule has 0 unspecified atom stereocenters. The molecule has 94 valence electrons. The van der Waals surface area contributed by atoms with Crippen LogP contribution < -0.4 is 0 Å². The van der Waals surface area contributed by atoms with Crippen LogP contribution >= 0.6 is 45.2 Å². The SMILES string of the molecule is Cc1nc(-c2ccccc2CI)nc(CI)c1C. The highest BCUT2D eigenvalue weighted by molar-refractivity contribution is 14.1. The van der Waals surface area contributed by atoms with Crippen molar-refractivity contribution in [3.63, 3.8) is 0 Å². The first-order valence-corrected chi connectivity index (χ1v) is 8.76. The first kappa shape index (κ1) is 14.2. The average Bonchev–Trinajstić information content (AvgIpc) is 2.41. The van der Waals surface area contributed by atoms with Gasteiger partial charge in [0.2, 0.25) is 0 Å². The van der Waals surface area contributed by atoms with Crippen molar-refractivity contribution in [2.75, 3.05) is 0 Å². The van der Waals surface area contributed by atoms with E-state index in [1.807, 2.05) is 6.07 Å². The van der Waals surface area contributed by atoms with E-state index in [1.165, 1.54) is 11.1 Å². The van der Waals surface area contributed by atoms with Gasteiger partial charge in [0.25, 0.3) is 0 Å². The summed E-state index contributed by atoms with van der Waals surface area (Å²) in [6, 6.07) is 8.37. The second kappa shape index (κ2) is 6.27. The third-order valence-electron chi connectivity index (χ3n) is 3.02. The number of benzene rings is 1. The summed E-state index contributed by atoms with van der Waals surface area (Å²) in [6.45, 7) is 4.15. The molecule has 0 bridgehead atoms. The summed E-state index contributed by atoms with van der Waals surface area (Å²) in [5, 5.41) is 0.